The summed E-state index contributed by atoms with van der Waals surface area (Å²) in [5, 5.41) is 0. The topological polar surface area (TPSA) is 52.3 Å². The van der Waals surface area contributed by atoms with Gasteiger partial charge in [0.15, 0.2) is 0 Å². The molecule has 2 N–H and O–H groups in total. The van der Waals surface area contributed by atoms with Crippen LogP contribution in [-0.2, 0) is 6.61 Å². The highest BCUT2D eigenvalue weighted by atomic mass is 16.5. The zero-order chi connectivity index (χ0) is 16.1. The summed E-state index contributed by atoms with van der Waals surface area (Å²) < 4.78 is 5.85. The van der Waals surface area contributed by atoms with Crippen LogP contribution in [0.2, 0.25) is 0 Å². The standard InChI is InChI=1S/C20H17NO2/c21-20(22)18-12-11-17(16-9-5-2-6-10-16)13-19(18)23-14-15-7-3-1-4-8-15/h1-13H,14H2,(H2,21,22). The zero-order valence-corrected chi connectivity index (χ0v) is 12.6. The summed E-state index contributed by atoms with van der Waals surface area (Å²) in [5.41, 5.74) is 8.93. The Morgan fingerprint density at radius 3 is 2.13 bits per heavy atom. The first-order chi connectivity index (χ1) is 11.2. The summed E-state index contributed by atoms with van der Waals surface area (Å²) >= 11 is 0. The molecule has 0 saturated carbocycles. The van der Waals surface area contributed by atoms with Gasteiger partial charge in [0.25, 0.3) is 5.91 Å². The molecule has 3 aromatic rings. The number of rotatable bonds is 5. The number of benzene rings is 3. The molecule has 0 aromatic heterocycles. The van der Waals surface area contributed by atoms with Crippen molar-refractivity contribution < 1.29 is 9.53 Å². The molecule has 0 saturated heterocycles. The van der Waals surface area contributed by atoms with Crippen LogP contribution in [0.5, 0.6) is 5.75 Å². The fourth-order valence-electron chi connectivity index (χ4n) is 2.39. The summed E-state index contributed by atoms with van der Waals surface area (Å²) in [6, 6.07) is 25.2. The van der Waals surface area contributed by atoms with Gasteiger partial charge >= 0.3 is 0 Å². The van der Waals surface area contributed by atoms with Gasteiger partial charge in [-0.1, -0.05) is 66.7 Å². The normalized spacial score (nSPS) is 10.3. The SMILES string of the molecule is NC(=O)c1ccc(-c2ccccc2)cc1OCc1ccccc1. The highest BCUT2D eigenvalue weighted by molar-refractivity contribution is 5.96. The van der Waals surface area contributed by atoms with Crippen LogP contribution in [0.4, 0.5) is 0 Å². The fourth-order valence-corrected chi connectivity index (χ4v) is 2.39. The number of hydrogen-bond donors (Lipinski definition) is 1. The maximum atomic E-state index is 11.6. The summed E-state index contributed by atoms with van der Waals surface area (Å²) in [7, 11) is 0. The first kappa shape index (κ1) is 14.9. The Kier molecular flexibility index (Phi) is 4.39. The van der Waals surface area contributed by atoms with E-state index in [1.54, 1.807) is 6.07 Å². The molecule has 3 aromatic carbocycles. The minimum Gasteiger partial charge on any atom is -0.488 e. The summed E-state index contributed by atoms with van der Waals surface area (Å²) in [6.45, 7) is 0.388. The molecule has 114 valence electrons. The van der Waals surface area contributed by atoms with Gasteiger partial charge in [0.05, 0.1) is 5.56 Å². The van der Waals surface area contributed by atoms with Crippen molar-refractivity contribution in [3.8, 4) is 16.9 Å². The van der Waals surface area contributed by atoms with Crippen molar-refractivity contribution in [3.63, 3.8) is 0 Å². The number of nitrogens with two attached hydrogens (primary N) is 1. The molecule has 23 heavy (non-hydrogen) atoms. The Labute approximate surface area is 135 Å². The molecule has 0 heterocycles. The van der Waals surface area contributed by atoms with E-state index in [-0.39, 0.29) is 0 Å². The lowest BCUT2D eigenvalue weighted by Gasteiger charge is -2.12. The Morgan fingerprint density at radius 2 is 1.48 bits per heavy atom. The third-order valence-corrected chi connectivity index (χ3v) is 3.59. The molecule has 3 nitrogen and oxygen atoms in total. The van der Waals surface area contributed by atoms with Crippen LogP contribution in [0.15, 0.2) is 78.9 Å². The van der Waals surface area contributed by atoms with Crippen molar-refractivity contribution in [1.29, 1.82) is 0 Å². The van der Waals surface area contributed by atoms with Crippen LogP contribution in [0.25, 0.3) is 11.1 Å². The number of hydrogen-bond acceptors (Lipinski definition) is 2. The van der Waals surface area contributed by atoms with Crippen molar-refractivity contribution in [3.05, 3.63) is 90.0 Å². The smallest absolute Gasteiger partial charge is 0.252 e. The molecule has 0 aliphatic carbocycles. The molecular formula is C20H17NO2. The Hall–Kier alpha value is -3.07. The van der Waals surface area contributed by atoms with Gasteiger partial charge in [-0.2, -0.15) is 0 Å². The van der Waals surface area contributed by atoms with Crippen LogP contribution in [0.1, 0.15) is 15.9 Å². The lowest BCUT2D eigenvalue weighted by Crippen LogP contribution is -2.13. The third kappa shape index (κ3) is 3.58. The molecular weight excluding hydrogens is 286 g/mol. The van der Waals surface area contributed by atoms with Gasteiger partial charge in [-0.15, -0.1) is 0 Å². The van der Waals surface area contributed by atoms with E-state index in [1.807, 2.05) is 72.8 Å². The third-order valence-electron chi connectivity index (χ3n) is 3.59. The second-order valence-corrected chi connectivity index (χ2v) is 5.22. The highest BCUT2D eigenvalue weighted by Gasteiger charge is 2.11. The van der Waals surface area contributed by atoms with Gasteiger partial charge in [0.1, 0.15) is 12.4 Å². The zero-order valence-electron chi connectivity index (χ0n) is 12.6. The number of carbonyl (C=O) groups excluding carboxylic acids is 1. The van der Waals surface area contributed by atoms with Crippen LogP contribution >= 0.6 is 0 Å². The van der Waals surface area contributed by atoms with Crippen molar-refractivity contribution >= 4 is 5.91 Å². The first-order valence-corrected chi connectivity index (χ1v) is 7.40. The van der Waals surface area contributed by atoms with Crippen LogP contribution in [-0.4, -0.2) is 5.91 Å². The van der Waals surface area contributed by atoms with Gasteiger partial charge in [-0.25, -0.2) is 0 Å². The van der Waals surface area contributed by atoms with Crippen molar-refractivity contribution in [2.45, 2.75) is 6.61 Å². The fraction of sp³-hybridized carbons (Fsp3) is 0.0500. The lowest BCUT2D eigenvalue weighted by molar-refractivity contribution is 0.0996. The molecule has 3 heteroatoms. The molecule has 0 fully saturated rings. The molecule has 0 aliphatic rings. The second kappa shape index (κ2) is 6.79. The predicted octanol–water partition coefficient (Wildman–Crippen LogP) is 4.03. The number of amides is 1. The van der Waals surface area contributed by atoms with Gasteiger partial charge in [0, 0.05) is 0 Å². The van der Waals surface area contributed by atoms with E-state index < -0.39 is 5.91 Å². The Morgan fingerprint density at radius 1 is 0.826 bits per heavy atom. The Balaban J connectivity index is 1.91. The van der Waals surface area contributed by atoms with Crippen LogP contribution in [0, 0.1) is 0 Å². The lowest BCUT2D eigenvalue weighted by atomic mass is 10.0. The highest BCUT2D eigenvalue weighted by Crippen LogP contribution is 2.27. The number of ether oxygens (including phenoxy) is 1. The average Bonchev–Trinajstić information content (AvgIpc) is 2.61. The van der Waals surface area contributed by atoms with Crippen molar-refractivity contribution in [2.75, 3.05) is 0 Å². The van der Waals surface area contributed by atoms with Crippen LogP contribution < -0.4 is 10.5 Å². The van der Waals surface area contributed by atoms with E-state index in [0.717, 1.165) is 16.7 Å². The minimum atomic E-state index is -0.493. The maximum Gasteiger partial charge on any atom is 0.252 e. The molecule has 0 unspecified atom stereocenters. The molecule has 3 rings (SSSR count). The van der Waals surface area contributed by atoms with Gasteiger partial charge in [0.2, 0.25) is 0 Å². The van der Waals surface area contributed by atoms with E-state index in [1.165, 1.54) is 0 Å². The van der Waals surface area contributed by atoms with E-state index in [0.29, 0.717) is 17.9 Å². The molecule has 0 atom stereocenters. The van der Waals surface area contributed by atoms with Gasteiger partial charge in [-0.3, -0.25) is 4.79 Å². The van der Waals surface area contributed by atoms with E-state index >= 15 is 0 Å². The monoisotopic (exact) mass is 303 g/mol. The summed E-state index contributed by atoms with van der Waals surface area (Å²) in [6.07, 6.45) is 0. The molecule has 1 amide bonds. The molecule has 0 radical (unpaired) electrons. The van der Waals surface area contributed by atoms with Crippen LogP contribution in [0.3, 0.4) is 0 Å². The van der Waals surface area contributed by atoms with E-state index in [2.05, 4.69) is 0 Å². The minimum absolute atomic E-state index is 0.388. The van der Waals surface area contributed by atoms with Gasteiger partial charge < -0.3 is 10.5 Å². The first-order valence-electron chi connectivity index (χ1n) is 7.40. The number of primary amides is 1. The largest absolute Gasteiger partial charge is 0.488 e. The van der Waals surface area contributed by atoms with Crippen molar-refractivity contribution in [2.24, 2.45) is 5.73 Å². The number of carbonyl (C=O) groups is 1. The quantitative estimate of drug-likeness (QED) is 0.773. The van der Waals surface area contributed by atoms with Gasteiger partial charge in [-0.05, 0) is 28.8 Å². The maximum absolute atomic E-state index is 11.6. The predicted molar refractivity (Wildman–Crippen MR) is 91.2 cm³/mol. The molecule has 0 aliphatic heterocycles. The second-order valence-electron chi connectivity index (χ2n) is 5.22. The van der Waals surface area contributed by atoms with Crippen molar-refractivity contribution in [1.82, 2.24) is 0 Å². The summed E-state index contributed by atoms with van der Waals surface area (Å²) in [4.78, 5) is 11.6. The van der Waals surface area contributed by atoms with E-state index in [4.69, 9.17) is 10.5 Å². The molecule has 0 spiro atoms. The summed E-state index contributed by atoms with van der Waals surface area (Å²) in [5.74, 6) is 0.00961. The molecule has 0 bridgehead atoms. The van der Waals surface area contributed by atoms with E-state index in [9.17, 15) is 4.79 Å². The Bertz CT molecular complexity index is 798. The average molecular weight is 303 g/mol.